The maximum Gasteiger partial charge on any atom is 0.0778 e. The van der Waals surface area contributed by atoms with Crippen LogP contribution in [0.5, 0.6) is 0 Å². The average Bonchev–Trinajstić information content (AvgIpc) is 2.41. The summed E-state index contributed by atoms with van der Waals surface area (Å²) in [6, 6.07) is 10.2. The largest absolute Gasteiger partial charge is 0.271 e. The van der Waals surface area contributed by atoms with Gasteiger partial charge in [-0.25, -0.2) is 0 Å². The number of nitrogens with one attached hydrogen (secondary N) is 1. The molecule has 2 aromatic rings. The Morgan fingerprint density at radius 1 is 1.17 bits per heavy atom. The Morgan fingerprint density at radius 3 is 2.44 bits per heavy atom. The van der Waals surface area contributed by atoms with E-state index in [2.05, 4.69) is 41.4 Å². The summed E-state index contributed by atoms with van der Waals surface area (Å²) >= 11 is 0. The number of aromatic nitrogens is 2. The molecule has 1 heterocycles. The molecule has 0 aliphatic heterocycles. The number of hydrogen-bond acceptors (Lipinski definition) is 4. The molecule has 0 aliphatic rings. The average molecular weight is 242 g/mol. The van der Waals surface area contributed by atoms with Crippen molar-refractivity contribution in [1.82, 2.24) is 15.4 Å². The minimum absolute atomic E-state index is 0.0893. The molecule has 0 aliphatic carbocycles. The first-order chi connectivity index (χ1) is 8.66. The summed E-state index contributed by atoms with van der Waals surface area (Å²) in [5.41, 5.74) is 4.73. The van der Waals surface area contributed by atoms with Crippen molar-refractivity contribution in [3.8, 4) is 0 Å². The van der Waals surface area contributed by atoms with E-state index in [9.17, 15) is 0 Å². The van der Waals surface area contributed by atoms with Crippen LogP contribution in [0.15, 0.2) is 48.9 Å². The highest BCUT2D eigenvalue weighted by molar-refractivity contribution is 5.28. The molecule has 94 valence electrons. The molecule has 1 atom stereocenters. The van der Waals surface area contributed by atoms with Crippen LogP contribution in [0.2, 0.25) is 0 Å². The Kier molecular flexibility index (Phi) is 3.69. The van der Waals surface area contributed by atoms with Gasteiger partial charge in [-0.15, -0.1) is 0 Å². The highest BCUT2D eigenvalue weighted by atomic mass is 15.2. The molecule has 0 saturated carbocycles. The molecule has 2 rings (SSSR count). The van der Waals surface area contributed by atoms with Crippen molar-refractivity contribution in [3.05, 3.63) is 60.2 Å². The second kappa shape index (κ2) is 5.25. The monoisotopic (exact) mass is 242 g/mol. The Bertz CT molecular complexity index is 482. The van der Waals surface area contributed by atoms with Crippen LogP contribution in [0.1, 0.15) is 31.1 Å². The van der Waals surface area contributed by atoms with Crippen LogP contribution in [0.4, 0.5) is 0 Å². The van der Waals surface area contributed by atoms with Crippen LogP contribution >= 0.6 is 0 Å². The molecule has 1 aromatic carbocycles. The van der Waals surface area contributed by atoms with Crippen molar-refractivity contribution < 1.29 is 0 Å². The van der Waals surface area contributed by atoms with Crippen LogP contribution in [0.3, 0.4) is 0 Å². The standard InChI is InChI=1S/C14H18N4/c1-14(2,11-6-4-3-5-7-11)13(18-15)12-10-16-8-9-17-12/h3-10,13,18H,15H2,1-2H3. The summed E-state index contributed by atoms with van der Waals surface area (Å²) in [7, 11) is 0. The van der Waals surface area contributed by atoms with E-state index in [0.717, 1.165) is 5.69 Å². The second-order valence-corrected chi connectivity index (χ2v) is 4.82. The molecule has 0 radical (unpaired) electrons. The van der Waals surface area contributed by atoms with E-state index in [4.69, 9.17) is 5.84 Å². The minimum Gasteiger partial charge on any atom is -0.271 e. The van der Waals surface area contributed by atoms with Crippen molar-refractivity contribution in [3.63, 3.8) is 0 Å². The summed E-state index contributed by atoms with van der Waals surface area (Å²) in [5.74, 6) is 5.71. The summed E-state index contributed by atoms with van der Waals surface area (Å²) in [6.45, 7) is 4.28. The van der Waals surface area contributed by atoms with Gasteiger partial charge in [0.25, 0.3) is 0 Å². The van der Waals surface area contributed by atoms with Crippen molar-refractivity contribution in [2.75, 3.05) is 0 Å². The number of benzene rings is 1. The third kappa shape index (κ3) is 2.39. The SMILES string of the molecule is CC(C)(c1ccccc1)C(NN)c1cnccn1. The maximum atomic E-state index is 5.71. The van der Waals surface area contributed by atoms with Gasteiger partial charge in [0, 0.05) is 17.8 Å². The molecule has 3 N–H and O–H groups in total. The fourth-order valence-corrected chi connectivity index (χ4v) is 2.16. The van der Waals surface area contributed by atoms with Gasteiger partial charge in [0.15, 0.2) is 0 Å². The van der Waals surface area contributed by atoms with Gasteiger partial charge in [0.2, 0.25) is 0 Å². The lowest BCUT2D eigenvalue weighted by molar-refractivity contribution is 0.345. The van der Waals surface area contributed by atoms with Gasteiger partial charge in [-0.2, -0.15) is 0 Å². The first-order valence-corrected chi connectivity index (χ1v) is 5.94. The van der Waals surface area contributed by atoms with E-state index in [1.165, 1.54) is 5.56 Å². The summed E-state index contributed by atoms with van der Waals surface area (Å²) < 4.78 is 0. The molecule has 0 fully saturated rings. The molecule has 0 bridgehead atoms. The van der Waals surface area contributed by atoms with Gasteiger partial charge >= 0.3 is 0 Å². The Morgan fingerprint density at radius 2 is 1.89 bits per heavy atom. The highest BCUT2D eigenvalue weighted by Crippen LogP contribution is 2.35. The molecule has 4 nitrogen and oxygen atoms in total. The van der Waals surface area contributed by atoms with Gasteiger partial charge in [-0.05, 0) is 5.56 Å². The molecule has 1 aromatic heterocycles. The van der Waals surface area contributed by atoms with Gasteiger partial charge in [0.05, 0.1) is 17.9 Å². The number of hydrazine groups is 1. The van der Waals surface area contributed by atoms with E-state index in [0.29, 0.717) is 0 Å². The topological polar surface area (TPSA) is 63.8 Å². The molecular weight excluding hydrogens is 224 g/mol. The summed E-state index contributed by atoms with van der Waals surface area (Å²) in [6.07, 6.45) is 5.09. The molecule has 1 unspecified atom stereocenters. The first kappa shape index (κ1) is 12.7. The number of nitrogens with zero attached hydrogens (tertiary/aromatic N) is 2. The highest BCUT2D eigenvalue weighted by Gasteiger charge is 2.32. The molecule has 4 heteroatoms. The van der Waals surface area contributed by atoms with Crippen molar-refractivity contribution >= 4 is 0 Å². The normalized spacial score (nSPS) is 13.3. The Labute approximate surface area is 107 Å². The van der Waals surface area contributed by atoms with Gasteiger partial charge in [0.1, 0.15) is 0 Å². The minimum atomic E-state index is -0.175. The molecule has 0 amide bonds. The fraction of sp³-hybridized carbons (Fsp3) is 0.286. The summed E-state index contributed by atoms with van der Waals surface area (Å²) in [4.78, 5) is 8.44. The molecule has 0 spiro atoms. The van der Waals surface area contributed by atoms with E-state index in [1.807, 2.05) is 18.2 Å². The Hall–Kier alpha value is -1.78. The maximum absolute atomic E-state index is 5.71. The third-order valence-corrected chi connectivity index (χ3v) is 3.29. The number of rotatable bonds is 4. The van der Waals surface area contributed by atoms with E-state index in [1.54, 1.807) is 18.6 Å². The van der Waals surface area contributed by atoms with Crippen LogP contribution in [0, 0.1) is 0 Å². The smallest absolute Gasteiger partial charge is 0.0778 e. The van der Waals surface area contributed by atoms with Crippen LogP contribution in [-0.4, -0.2) is 9.97 Å². The molecular formula is C14H18N4. The number of nitrogens with two attached hydrogens (primary N) is 1. The van der Waals surface area contributed by atoms with Crippen LogP contribution in [0.25, 0.3) is 0 Å². The van der Waals surface area contributed by atoms with Crippen LogP contribution in [-0.2, 0) is 5.41 Å². The third-order valence-electron chi connectivity index (χ3n) is 3.29. The lowest BCUT2D eigenvalue weighted by Gasteiger charge is -2.33. The predicted molar refractivity (Wildman–Crippen MR) is 71.6 cm³/mol. The summed E-state index contributed by atoms with van der Waals surface area (Å²) in [5, 5.41) is 0. The zero-order valence-electron chi connectivity index (χ0n) is 10.7. The van der Waals surface area contributed by atoms with Crippen LogP contribution < -0.4 is 11.3 Å². The van der Waals surface area contributed by atoms with E-state index >= 15 is 0 Å². The Balaban J connectivity index is 2.38. The van der Waals surface area contributed by atoms with Gasteiger partial charge < -0.3 is 0 Å². The quantitative estimate of drug-likeness (QED) is 0.635. The van der Waals surface area contributed by atoms with E-state index in [-0.39, 0.29) is 11.5 Å². The zero-order valence-corrected chi connectivity index (χ0v) is 10.7. The first-order valence-electron chi connectivity index (χ1n) is 5.94. The molecule has 18 heavy (non-hydrogen) atoms. The van der Waals surface area contributed by atoms with Crippen molar-refractivity contribution in [1.29, 1.82) is 0 Å². The molecule has 0 saturated heterocycles. The van der Waals surface area contributed by atoms with Gasteiger partial charge in [-0.3, -0.25) is 21.2 Å². The van der Waals surface area contributed by atoms with E-state index < -0.39 is 0 Å². The predicted octanol–water partition coefficient (Wildman–Crippen LogP) is 1.96. The van der Waals surface area contributed by atoms with Gasteiger partial charge in [-0.1, -0.05) is 44.2 Å². The lowest BCUT2D eigenvalue weighted by atomic mass is 9.77. The lowest BCUT2D eigenvalue weighted by Crippen LogP contribution is -2.41. The number of hydrogen-bond donors (Lipinski definition) is 2. The fourth-order valence-electron chi connectivity index (χ4n) is 2.16. The van der Waals surface area contributed by atoms with Crippen molar-refractivity contribution in [2.45, 2.75) is 25.3 Å². The zero-order chi connectivity index (χ0) is 13.0. The van der Waals surface area contributed by atoms with Crippen molar-refractivity contribution in [2.24, 2.45) is 5.84 Å². The second-order valence-electron chi connectivity index (χ2n) is 4.82.